The fraction of sp³-hybridized carbons (Fsp3) is 0.583. The summed E-state index contributed by atoms with van der Waals surface area (Å²) in [6.07, 6.45) is 1.64. The van der Waals surface area contributed by atoms with E-state index in [-0.39, 0.29) is 18.0 Å². The molecule has 1 aromatic rings. The van der Waals surface area contributed by atoms with Gasteiger partial charge in [-0.25, -0.2) is 0 Å². The van der Waals surface area contributed by atoms with Crippen LogP contribution in [0.25, 0.3) is 0 Å². The third-order valence-corrected chi connectivity index (χ3v) is 2.69. The zero-order valence-electron chi connectivity index (χ0n) is 10.4. The lowest BCUT2D eigenvalue weighted by atomic mass is 10.2. The van der Waals surface area contributed by atoms with E-state index < -0.39 is 0 Å². The number of hydrogen-bond donors (Lipinski definition) is 1. The summed E-state index contributed by atoms with van der Waals surface area (Å²) in [6.45, 7) is 6.53. The van der Waals surface area contributed by atoms with Crippen LogP contribution in [0.2, 0.25) is 0 Å². The Balaban J connectivity index is 2.51. The molecule has 1 rings (SSSR count). The van der Waals surface area contributed by atoms with E-state index >= 15 is 0 Å². The van der Waals surface area contributed by atoms with Crippen molar-refractivity contribution in [2.45, 2.75) is 32.9 Å². The molecule has 1 amide bonds. The van der Waals surface area contributed by atoms with Gasteiger partial charge in [-0.2, -0.15) is 0 Å². The molecule has 1 aromatic heterocycles. The lowest BCUT2D eigenvalue weighted by molar-refractivity contribution is -0.131. The van der Waals surface area contributed by atoms with Crippen LogP contribution in [-0.4, -0.2) is 30.4 Å². The van der Waals surface area contributed by atoms with Crippen molar-refractivity contribution in [3.05, 3.63) is 24.2 Å². The minimum absolute atomic E-state index is 0.0409. The zero-order chi connectivity index (χ0) is 12.1. The molecular formula is C12H20N2O2. The molecule has 1 heterocycles. The molecule has 0 bridgehead atoms. The summed E-state index contributed by atoms with van der Waals surface area (Å²) in [4.78, 5) is 13.5. The first-order valence-electron chi connectivity index (χ1n) is 5.60. The molecule has 0 spiro atoms. The van der Waals surface area contributed by atoms with Gasteiger partial charge in [0, 0.05) is 13.6 Å². The highest BCUT2D eigenvalue weighted by molar-refractivity contribution is 5.81. The highest BCUT2D eigenvalue weighted by Crippen LogP contribution is 2.13. The molecule has 0 aliphatic carbocycles. The van der Waals surface area contributed by atoms with E-state index in [4.69, 9.17) is 4.42 Å². The average molecular weight is 224 g/mol. The Morgan fingerprint density at radius 2 is 2.25 bits per heavy atom. The maximum absolute atomic E-state index is 11.8. The number of rotatable bonds is 5. The SMILES string of the molecule is CCN(C)C(=O)C(C)NC(C)c1ccco1. The molecular weight excluding hydrogens is 204 g/mol. The fourth-order valence-corrected chi connectivity index (χ4v) is 1.55. The number of amides is 1. The number of carbonyl (C=O) groups is 1. The summed E-state index contributed by atoms with van der Waals surface area (Å²) in [5.74, 6) is 0.944. The highest BCUT2D eigenvalue weighted by Gasteiger charge is 2.19. The Morgan fingerprint density at radius 1 is 1.56 bits per heavy atom. The third kappa shape index (κ3) is 3.10. The van der Waals surface area contributed by atoms with Crippen LogP contribution in [0.15, 0.2) is 22.8 Å². The maximum Gasteiger partial charge on any atom is 0.239 e. The molecule has 0 saturated carbocycles. The first-order valence-corrected chi connectivity index (χ1v) is 5.60. The molecule has 2 unspecified atom stereocenters. The summed E-state index contributed by atoms with van der Waals surface area (Å²) in [5.41, 5.74) is 0. The summed E-state index contributed by atoms with van der Waals surface area (Å²) in [7, 11) is 1.80. The smallest absolute Gasteiger partial charge is 0.239 e. The second-order valence-electron chi connectivity index (χ2n) is 3.98. The lowest BCUT2D eigenvalue weighted by Gasteiger charge is -2.22. The van der Waals surface area contributed by atoms with Crippen molar-refractivity contribution >= 4 is 5.91 Å². The van der Waals surface area contributed by atoms with Crippen LogP contribution < -0.4 is 5.32 Å². The molecule has 2 atom stereocenters. The summed E-state index contributed by atoms with van der Waals surface area (Å²) >= 11 is 0. The van der Waals surface area contributed by atoms with Crippen LogP contribution in [0.3, 0.4) is 0 Å². The van der Waals surface area contributed by atoms with Crippen LogP contribution in [0.5, 0.6) is 0 Å². The Morgan fingerprint density at radius 3 is 2.75 bits per heavy atom. The number of carbonyl (C=O) groups excluding carboxylic acids is 1. The van der Waals surface area contributed by atoms with E-state index in [2.05, 4.69) is 5.32 Å². The van der Waals surface area contributed by atoms with Gasteiger partial charge in [-0.15, -0.1) is 0 Å². The second-order valence-corrected chi connectivity index (χ2v) is 3.98. The van der Waals surface area contributed by atoms with E-state index in [9.17, 15) is 4.79 Å². The van der Waals surface area contributed by atoms with Gasteiger partial charge in [0.15, 0.2) is 0 Å². The summed E-state index contributed by atoms with van der Waals surface area (Å²) in [5, 5.41) is 3.21. The van der Waals surface area contributed by atoms with Crippen molar-refractivity contribution in [1.29, 1.82) is 0 Å². The van der Waals surface area contributed by atoms with E-state index in [0.717, 1.165) is 12.3 Å². The zero-order valence-corrected chi connectivity index (χ0v) is 10.4. The van der Waals surface area contributed by atoms with Gasteiger partial charge in [0.1, 0.15) is 5.76 Å². The predicted octanol–water partition coefficient (Wildman–Crippen LogP) is 1.80. The van der Waals surface area contributed by atoms with E-state index in [1.165, 1.54) is 0 Å². The number of likely N-dealkylation sites (N-methyl/N-ethyl adjacent to an activating group) is 1. The average Bonchev–Trinajstić information content (AvgIpc) is 2.80. The Hall–Kier alpha value is -1.29. The van der Waals surface area contributed by atoms with Crippen molar-refractivity contribution in [2.75, 3.05) is 13.6 Å². The minimum Gasteiger partial charge on any atom is -0.468 e. The van der Waals surface area contributed by atoms with Gasteiger partial charge in [-0.05, 0) is 32.9 Å². The van der Waals surface area contributed by atoms with Crippen molar-refractivity contribution in [3.63, 3.8) is 0 Å². The molecule has 0 aliphatic heterocycles. The number of nitrogens with zero attached hydrogens (tertiary/aromatic N) is 1. The molecule has 0 saturated heterocycles. The van der Waals surface area contributed by atoms with Gasteiger partial charge in [-0.3, -0.25) is 10.1 Å². The summed E-state index contributed by atoms with van der Waals surface area (Å²) < 4.78 is 5.28. The second kappa shape index (κ2) is 5.70. The van der Waals surface area contributed by atoms with Gasteiger partial charge in [0.2, 0.25) is 5.91 Å². The fourth-order valence-electron chi connectivity index (χ4n) is 1.55. The largest absolute Gasteiger partial charge is 0.468 e. The molecule has 4 nitrogen and oxygen atoms in total. The lowest BCUT2D eigenvalue weighted by Crippen LogP contribution is -2.43. The quantitative estimate of drug-likeness (QED) is 0.829. The first kappa shape index (κ1) is 12.8. The standard InChI is InChI=1S/C12H20N2O2/c1-5-14(4)12(15)10(3)13-9(2)11-7-6-8-16-11/h6-10,13H,5H2,1-4H3. The van der Waals surface area contributed by atoms with Gasteiger partial charge >= 0.3 is 0 Å². The number of nitrogens with one attached hydrogen (secondary N) is 1. The van der Waals surface area contributed by atoms with Crippen LogP contribution >= 0.6 is 0 Å². The molecule has 90 valence electrons. The monoisotopic (exact) mass is 224 g/mol. The molecule has 16 heavy (non-hydrogen) atoms. The van der Waals surface area contributed by atoms with Gasteiger partial charge in [-0.1, -0.05) is 0 Å². The third-order valence-electron chi connectivity index (χ3n) is 2.69. The Bertz CT molecular complexity index is 322. The minimum atomic E-state index is -0.204. The molecule has 0 radical (unpaired) electrons. The van der Waals surface area contributed by atoms with Crippen LogP contribution in [-0.2, 0) is 4.79 Å². The van der Waals surface area contributed by atoms with Crippen molar-refractivity contribution < 1.29 is 9.21 Å². The topological polar surface area (TPSA) is 45.5 Å². The van der Waals surface area contributed by atoms with Crippen LogP contribution in [0.1, 0.15) is 32.6 Å². The van der Waals surface area contributed by atoms with Crippen molar-refractivity contribution in [1.82, 2.24) is 10.2 Å². The predicted molar refractivity (Wildman–Crippen MR) is 63.0 cm³/mol. The molecule has 0 aromatic carbocycles. The van der Waals surface area contributed by atoms with Crippen molar-refractivity contribution in [3.8, 4) is 0 Å². The van der Waals surface area contributed by atoms with E-state index in [0.29, 0.717) is 0 Å². The first-order chi connectivity index (χ1) is 7.56. The van der Waals surface area contributed by atoms with Crippen molar-refractivity contribution in [2.24, 2.45) is 0 Å². The van der Waals surface area contributed by atoms with Crippen LogP contribution in [0.4, 0.5) is 0 Å². The number of furan rings is 1. The van der Waals surface area contributed by atoms with Gasteiger partial charge in [0.05, 0.1) is 18.3 Å². The van der Waals surface area contributed by atoms with E-state index in [1.54, 1.807) is 18.2 Å². The molecule has 0 aliphatic rings. The molecule has 4 heteroatoms. The summed E-state index contributed by atoms with van der Waals surface area (Å²) in [6, 6.07) is 3.58. The Kier molecular flexibility index (Phi) is 4.55. The van der Waals surface area contributed by atoms with E-state index in [1.807, 2.05) is 32.9 Å². The Labute approximate surface area is 96.6 Å². The van der Waals surface area contributed by atoms with Gasteiger partial charge in [0.25, 0.3) is 0 Å². The molecule has 1 N–H and O–H groups in total. The molecule has 0 fully saturated rings. The maximum atomic E-state index is 11.8. The van der Waals surface area contributed by atoms with Gasteiger partial charge < -0.3 is 9.32 Å². The normalized spacial score (nSPS) is 14.5. The van der Waals surface area contributed by atoms with Crippen LogP contribution in [0, 0.1) is 0 Å². The number of hydrogen-bond acceptors (Lipinski definition) is 3. The highest BCUT2D eigenvalue weighted by atomic mass is 16.3.